The third kappa shape index (κ3) is 9.02. The number of carbonyl (C=O) groups is 2. The SMILES string of the molecule is CC(C)c1c(C(=O)Nc2ccc(F)cc2)c(-c2ccccc2)c(-c2ccc(F)cc2)n1CCC1CC(CC(=O)OC(C)(C)C)OC(C)(C)O1. The molecule has 49 heavy (non-hydrogen) atoms. The van der Waals surface area contributed by atoms with E-state index in [2.05, 4.69) is 9.88 Å². The summed E-state index contributed by atoms with van der Waals surface area (Å²) in [6.07, 6.45) is 0.472. The Morgan fingerprint density at radius 1 is 0.898 bits per heavy atom. The third-order valence-electron chi connectivity index (χ3n) is 8.28. The molecule has 1 saturated heterocycles. The molecule has 1 amide bonds. The van der Waals surface area contributed by atoms with Crippen LogP contribution in [0.4, 0.5) is 14.5 Å². The molecule has 1 aliphatic heterocycles. The molecular weight excluding hydrogens is 626 g/mol. The molecule has 0 aliphatic carbocycles. The first-order valence-corrected chi connectivity index (χ1v) is 16.8. The standard InChI is InChI=1S/C40H46F2N2O5/c1-25(2)36-35(38(46)43-30-19-17-29(42)18-20-30)34(26-11-9-8-10-12-26)37(27-13-15-28(41)16-14-27)44(36)22-21-31-23-32(48-40(6,7)47-31)24-33(45)49-39(3,4)5/h8-20,25,31-32H,21-24H2,1-7H3,(H,43,46). The van der Waals surface area contributed by atoms with Crippen LogP contribution in [-0.4, -0.2) is 40.0 Å². The van der Waals surface area contributed by atoms with E-state index in [1.54, 1.807) is 12.1 Å². The average molecular weight is 673 g/mol. The number of rotatable bonds is 10. The number of carbonyl (C=O) groups excluding carboxylic acids is 2. The molecule has 260 valence electrons. The first kappa shape index (κ1) is 36.0. The molecule has 1 N–H and O–H groups in total. The molecule has 9 heteroatoms. The Hall–Kier alpha value is -4.34. The van der Waals surface area contributed by atoms with Crippen LogP contribution in [0.25, 0.3) is 22.4 Å². The van der Waals surface area contributed by atoms with Gasteiger partial charge in [-0.15, -0.1) is 0 Å². The van der Waals surface area contributed by atoms with Gasteiger partial charge in [-0.2, -0.15) is 0 Å². The van der Waals surface area contributed by atoms with E-state index in [1.807, 2.05) is 78.8 Å². The zero-order valence-electron chi connectivity index (χ0n) is 29.3. The largest absolute Gasteiger partial charge is 0.460 e. The summed E-state index contributed by atoms with van der Waals surface area (Å²) in [6.45, 7) is 13.7. The van der Waals surface area contributed by atoms with E-state index in [-0.39, 0.29) is 36.1 Å². The lowest BCUT2D eigenvalue weighted by atomic mass is 9.94. The number of hydrogen-bond acceptors (Lipinski definition) is 5. The van der Waals surface area contributed by atoms with Crippen LogP contribution in [0.3, 0.4) is 0 Å². The minimum atomic E-state index is -0.928. The predicted octanol–water partition coefficient (Wildman–Crippen LogP) is 9.51. The molecular formula is C40H46F2N2O5. The molecule has 2 heterocycles. The van der Waals surface area contributed by atoms with Crippen molar-refractivity contribution in [2.45, 2.75) is 104 Å². The highest BCUT2D eigenvalue weighted by atomic mass is 19.1. The van der Waals surface area contributed by atoms with Crippen molar-refractivity contribution in [2.24, 2.45) is 0 Å². The minimum absolute atomic E-state index is 0.0995. The van der Waals surface area contributed by atoms with Crippen LogP contribution in [0.1, 0.15) is 89.7 Å². The summed E-state index contributed by atoms with van der Waals surface area (Å²) in [5, 5.41) is 2.98. The Bertz CT molecular complexity index is 1760. The van der Waals surface area contributed by atoms with Gasteiger partial charge in [0.05, 0.1) is 29.9 Å². The lowest BCUT2D eigenvalue weighted by molar-refractivity contribution is -0.301. The molecule has 2 atom stereocenters. The molecule has 5 rings (SSSR count). The number of nitrogens with one attached hydrogen (secondary N) is 1. The lowest BCUT2D eigenvalue weighted by Gasteiger charge is -2.41. The molecule has 1 fully saturated rings. The normalized spacial score (nSPS) is 17.6. The van der Waals surface area contributed by atoms with E-state index in [0.29, 0.717) is 36.2 Å². The number of halogens is 2. The lowest BCUT2D eigenvalue weighted by Crippen LogP contribution is -2.46. The monoisotopic (exact) mass is 672 g/mol. The van der Waals surface area contributed by atoms with Gasteiger partial charge in [-0.3, -0.25) is 9.59 Å². The van der Waals surface area contributed by atoms with Crippen molar-refractivity contribution in [3.05, 3.63) is 102 Å². The minimum Gasteiger partial charge on any atom is -0.460 e. The van der Waals surface area contributed by atoms with Crippen LogP contribution in [0.2, 0.25) is 0 Å². The number of esters is 1. The van der Waals surface area contributed by atoms with E-state index in [9.17, 15) is 18.4 Å². The van der Waals surface area contributed by atoms with Gasteiger partial charge in [-0.05, 0) is 107 Å². The predicted molar refractivity (Wildman–Crippen MR) is 187 cm³/mol. The summed E-state index contributed by atoms with van der Waals surface area (Å²) in [5.74, 6) is -2.46. The van der Waals surface area contributed by atoms with E-state index in [1.165, 1.54) is 36.4 Å². The molecule has 0 spiro atoms. The van der Waals surface area contributed by atoms with Gasteiger partial charge >= 0.3 is 5.97 Å². The summed E-state index contributed by atoms with van der Waals surface area (Å²) in [7, 11) is 0. The second kappa shape index (κ2) is 14.6. The fourth-order valence-corrected chi connectivity index (χ4v) is 6.58. The first-order valence-electron chi connectivity index (χ1n) is 16.8. The Labute approximate surface area is 287 Å². The molecule has 2 unspecified atom stereocenters. The Balaban J connectivity index is 1.59. The molecule has 1 aliphatic rings. The van der Waals surface area contributed by atoms with Crippen molar-refractivity contribution in [1.29, 1.82) is 0 Å². The quantitative estimate of drug-likeness (QED) is 0.170. The molecule has 0 radical (unpaired) electrons. The second-order valence-electron chi connectivity index (χ2n) is 14.3. The van der Waals surface area contributed by atoms with Crippen LogP contribution in [0.5, 0.6) is 0 Å². The first-order chi connectivity index (χ1) is 23.1. The summed E-state index contributed by atoms with van der Waals surface area (Å²) in [6, 6.07) is 21.6. The van der Waals surface area contributed by atoms with Crippen LogP contribution in [-0.2, 0) is 25.5 Å². The van der Waals surface area contributed by atoms with E-state index < -0.39 is 23.3 Å². The summed E-state index contributed by atoms with van der Waals surface area (Å²) in [5.41, 5.74) is 4.21. The Kier molecular flexibility index (Phi) is 10.7. The molecule has 4 aromatic rings. The summed E-state index contributed by atoms with van der Waals surface area (Å²) >= 11 is 0. The van der Waals surface area contributed by atoms with Crippen molar-refractivity contribution in [2.75, 3.05) is 5.32 Å². The van der Waals surface area contributed by atoms with Crippen LogP contribution in [0.15, 0.2) is 78.9 Å². The molecule has 7 nitrogen and oxygen atoms in total. The van der Waals surface area contributed by atoms with Crippen LogP contribution < -0.4 is 5.32 Å². The van der Waals surface area contributed by atoms with Gasteiger partial charge in [0.25, 0.3) is 5.91 Å². The van der Waals surface area contributed by atoms with Gasteiger partial charge in [0.15, 0.2) is 5.79 Å². The zero-order valence-corrected chi connectivity index (χ0v) is 29.3. The number of ether oxygens (including phenoxy) is 3. The smallest absolute Gasteiger partial charge is 0.308 e. The Morgan fingerprint density at radius 3 is 2.08 bits per heavy atom. The van der Waals surface area contributed by atoms with Crippen molar-refractivity contribution < 1.29 is 32.6 Å². The van der Waals surface area contributed by atoms with Crippen molar-refractivity contribution in [1.82, 2.24) is 4.57 Å². The summed E-state index contributed by atoms with van der Waals surface area (Å²) < 4.78 is 48.2. The van der Waals surface area contributed by atoms with Gasteiger partial charge in [-0.1, -0.05) is 44.2 Å². The van der Waals surface area contributed by atoms with E-state index in [4.69, 9.17) is 14.2 Å². The fourth-order valence-electron chi connectivity index (χ4n) is 6.58. The van der Waals surface area contributed by atoms with Gasteiger partial charge in [0.2, 0.25) is 0 Å². The maximum absolute atomic E-state index is 14.3. The number of anilines is 1. The topological polar surface area (TPSA) is 78.8 Å². The fraction of sp³-hybridized carbons (Fsp3) is 0.400. The number of hydrogen-bond donors (Lipinski definition) is 1. The number of benzene rings is 3. The molecule has 1 aromatic heterocycles. The zero-order chi connectivity index (χ0) is 35.5. The van der Waals surface area contributed by atoms with Crippen LogP contribution in [0, 0.1) is 11.6 Å². The number of nitrogens with zero attached hydrogens (tertiary/aromatic N) is 1. The second-order valence-corrected chi connectivity index (χ2v) is 14.3. The maximum atomic E-state index is 14.3. The highest BCUT2D eigenvalue weighted by Gasteiger charge is 2.38. The van der Waals surface area contributed by atoms with Crippen molar-refractivity contribution in [3.8, 4) is 22.4 Å². The van der Waals surface area contributed by atoms with Gasteiger partial charge < -0.3 is 24.1 Å². The molecule has 0 saturated carbocycles. The Morgan fingerprint density at radius 2 is 1.49 bits per heavy atom. The summed E-state index contributed by atoms with van der Waals surface area (Å²) in [4.78, 5) is 27.1. The van der Waals surface area contributed by atoms with E-state index in [0.717, 1.165) is 22.5 Å². The van der Waals surface area contributed by atoms with E-state index >= 15 is 0 Å². The third-order valence-corrected chi connectivity index (χ3v) is 8.28. The van der Waals surface area contributed by atoms with Gasteiger partial charge in [0, 0.05) is 29.9 Å². The average Bonchev–Trinajstić information content (AvgIpc) is 3.36. The van der Waals surface area contributed by atoms with Crippen LogP contribution >= 0.6 is 0 Å². The van der Waals surface area contributed by atoms with Crippen molar-refractivity contribution >= 4 is 17.6 Å². The number of aromatic nitrogens is 1. The highest BCUT2D eigenvalue weighted by Crippen LogP contribution is 2.43. The number of amides is 1. The van der Waals surface area contributed by atoms with Gasteiger partial charge in [0.1, 0.15) is 17.2 Å². The van der Waals surface area contributed by atoms with Gasteiger partial charge in [-0.25, -0.2) is 8.78 Å². The van der Waals surface area contributed by atoms with Crippen molar-refractivity contribution in [3.63, 3.8) is 0 Å². The molecule has 3 aromatic carbocycles. The highest BCUT2D eigenvalue weighted by molar-refractivity contribution is 6.12. The maximum Gasteiger partial charge on any atom is 0.308 e. The molecule has 0 bridgehead atoms.